The molecule has 2 aliphatic rings. The molecule has 0 saturated carbocycles. The average Bonchev–Trinajstić information content (AvgIpc) is 3.18. The Balaban J connectivity index is 1.69. The number of pyridine rings is 2. The Kier molecular flexibility index (Phi) is 5.58. The van der Waals surface area contributed by atoms with E-state index in [0.29, 0.717) is 23.4 Å². The van der Waals surface area contributed by atoms with Crippen LogP contribution in [0.3, 0.4) is 0 Å². The minimum atomic E-state index is -1.83. The number of benzene rings is 1. The zero-order valence-electron chi connectivity index (χ0n) is 22.0. The van der Waals surface area contributed by atoms with E-state index in [2.05, 4.69) is 46.3 Å². The maximum absolute atomic E-state index is 13.5. The SMILES string of the molecule is CCc1c2c(nc3ccc(OS(C)(C)C(C)(C)C)cc13)-c1cc3c(c(=O)n1C2)COC(=O)[C@]3(O)CC. The van der Waals surface area contributed by atoms with E-state index >= 15 is 0 Å². The Morgan fingerprint density at radius 1 is 1.17 bits per heavy atom. The van der Waals surface area contributed by atoms with Crippen LogP contribution in [0.5, 0.6) is 5.75 Å². The maximum atomic E-state index is 13.5. The summed E-state index contributed by atoms with van der Waals surface area (Å²) < 4.78 is 13.4. The zero-order chi connectivity index (χ0) is 26.2. The van der Waals surface area contributed by atoms with Crippen LogP contribution in [0.2, 0.25) is 0 Å². The Bertz CT molecular complexity index is 1480. The number of aliphatic hydroxyl groups is 1. The van der Waals surface area contributed by atoms with Crippen molar-refractivity contribution in [1.82, 2.24) is 9.55 Å². The van der Waals surface area contributed by atoms with E-state index in [-0.39, 0.29) is 23.3 Å². The van der Waals surface area contributed by atoms with Crippen LogP contribution in [0.15, 0.2) is 29.1 Å². The lowest BCUT2D eigenvalue weighted by molar-refractivity contribution is -0.172. The quantitative estimate of drug-likeness (QED) is 0.397. The van der Waals surface area contributed by atoms with Gasteiger partial charge in [-0.05, 0) is 76.0 Å². The van der Waals surface area contributed by atoms with E-state index in [4.69, 9.17) is 13.9 Å². The molecule has 0 amide bonds. The Labute approximate surface area is 213 Å². The van der Waals surface area contributed by atoms with Crippen LogP contribution in [0.4, 0.5) is 0 Å². The Morgan fingerprint density at radius 3 is 2.53 bits per heavy atom. The van der Waals surface area contributed by atoms with Gasteiger partial charge in [0.1, 0.15) is 12.4 Å². The van der Waals surface area contributed by atoms with Crippen LogP contribution in [0.1, 0.15) is 63.3 Å². The third-order valence-corrected chi connectivity index (χ3v) is 11.5. The second-order valence-corrected chi connectivity index (χ2v) is 14.8. The Morgan fingerprint density at radius 2 is 1.89 bits per heavy atom. The summed E-state index contributed by atoms with van der Waals surface area (Å²) in [5, 5.41) is 12.1. The van der Waals surface area contributed by atoms with Crippen LogP contribution < -0.4 is 9.74 Å². The van der Waals surface area contributed by atoms with Gasteiger partial charge in [-0.2, -0.15) is 0 Å². The smallest absolute Gasteiger partial charge is 0.343 e. The van der Waals surface area contributed by atoms with Gasteiger partial charge in [0.2, 0.25) is 0 Å². The first-order valence-corrected chi connectivity index (χ1v) is 14.7. The molecule has 0 aliphatic carbocycles. The lowest BCUT2D eigenvalue weighted by atomic mass is 9.86. The number of carbonyl (C=O) groups is 1. The molecule has 8 heteroatoms. The van der Waals surface area contributed by atoms with Crippen molar-refractivity contribution in [2.75, 3.05) is 12.5 Å². The summed E-state index contributed by atoms with van der Waals surface area (Å²) in [6, 6.07) is 7.77. The van der Waals surface area contributed by atoms with Gasteiger partial charge in [0.15, 0.2) is 5.60 Å². The van der Waals surface area contributed by atoms with E-state index in [9.17, 15) is 14.7 Å². The summed E-state index contributed by atoms with van der Waals surface area (Å²) in [6.45, 7) is 10.7. The molecule has 1 aromatic carbocycles. The van der Waals surface area contributed by atoms with Gasteiger partial charge in [-0.1, -0.05) is 24.2 Å². The van der Waals surface area contributed by atoms with E-state index in [1.54, 1.807) is 17.6 Å². The van der Waals surface area contributed by atoms with Crippen LogP contribution >= 0.6 is 10.3 Å². The third-order valence-electron chi connectivity index (χ3n) is 7.91. The lowest BCUT2D eigenvalue weighted by Gasteiger charge is -2.43. The highest BCUT2D eigenvalue weighted by atomic mass is 32.3. The third kappa shape index (κ3) is 3.49. The monoisotopic (exact) mass is 510 g/mol. The second kappa shape index (κ2) is 8.08. The molecular weight excluding hydrogens is 476 g/mol. The summed E-state index contributed by atoms with van der Waals surface area (Å²) >= 11 is 0. The average molecular weight is 511 g/mol. The predicted octanol–water partition coefficient (Wildman–Crippen LogP) is 4.80. The number of hydrogen-bond donors (Lipinski definition) is 1. The van der Waals surface area contributed by atoms with Gasteiger partial charge < -0.3 is 18.6 Å². The number of nitrogens with zero attached hydrogens (tertiary/aromatic N) is 2. The van der Waals surface area contributed by atoms with Crippen molar-refractivity contribution < 1.29 is 18.8 Å². The summed E-state index contributed by atoms with van der Waals surface area (Å²) in [4.78, 5) is 30.9. The van der Waals surface area contributed by atoms with Gasteiger partial charge in [-0.3, -0.25) is 4.79 Å². The fourth-order valence-corrected chi connectivity index (χ4v) is 5.80. The molecule has 192 valence electrons. The number of fused-ring (bicyclic) bond motifs is 5. The first-order valence-electron chi connectivity index (χ1n) is 12.4. The van der Waals surface area contributed by atoms with E-state index < -0.39 is 21.9 Å². The topological polar surface area (TPSA) is 90.6 Å². The summed E-state index contributed by atoms with van der Waals surface area (Å²) in [6.07, 6.45) is 5.24. The van der Waals surface area contributed by atoms with Crippen molar-refractivity contribution in [3.05, 3.63) is 56.9 Å². The van der Waals surface area contributed by atoms with Gasteiger partial charge in [0, 0.05) is 21.3 Å². The molecule has 0 spiro atoms. The molecule has 0 saturated heterocycles. The fraction of sp³-hybridized carbons (Fsp3) is 0.464. The molecule has 2 aliphatic heterocycles. The number of carbonyl (C=O) groups excluding carboxylic acids is 1. The number of esters is 1. The van der Waals surface area contributed by atoms with Gasteiger partial charge in [0.05, 0.1) is 29.0 Å². The molecule has 2 aromatic heterocycles. The van der Waals surface area contributed by atoms with Crippen LogP contribution in [0.25, 0.3) is 22.3 Å². The first kappa shape index (κ1) is 24.8. The molecular formula is C28H34N2O5S. The zero-order valence-corrected chi connectivity index (χ0v) is 22.8. The molecule has 0 fully saturated rings. The molecule has 5 rings (SSSR count). The molecule has 0 radical (unpaired) electrons. The minimum Gasteiger partial charge on any atom is -0.458 e. The van der Waals surface area contributed by atoms with Crippen LogP contribution in [-0.4, -0.2) is 37.9 Å². The van der Waals surface area contributed by atoms with E-state index in [1.165, 1.54) is 0 Å². The standard InChI is InChI=1S/C28H34N2O5S/c1-8-17-18-12-16(35-36(6,7)27(3,4)5)10-11-22(18)29-24-19(17)14-30-23(24)13-21-20(25(30)31)15-34-26(32)28(21,33)9-2/h10-13,33H,8-9,14-15H2,1-7H3/t28-/m0/s1. The number of cyclic esters (lactones) is 1. The first-order chi connectivity index (χ1) is 16.8. The van der Waals surface area contributed by atoms with Gasteiger partial charge in [-0.15, -0.1) is 0 Å². The molecule has 1 atom stereocenters. The summed E-state index contributed by atoms with van der Waals surface area (Å²) in [5.41, 5.74) is 2.90. The van der Waals surface area contributed by atoms with Crippen LogP contribution in [0, 0.1) is 0 Å². The molecule has 7 nitrogen and oxygen atoms in total. The summed E-state index contributed by atoms with van der Waals surface area (Å²) in [5.74, 6) is 0.106. The highest BCUT2D eigenvalue weighted by molar-refractivity contribution is 8.30. The van der Waals surface area contributed by atoms with Gasteiger partial charge in [-0.25, -0.2) is 9.78 Å². The van der Waals surface area contributed by atoms with E-state index in [1.807, 2.05) is 12.1 Å². The minimum absolute atomic E-state index is 0.0270. The van der Waals surface area contributed by atoms with Gasteiger partial charge >= 0.3 is 5.97 Å². The van der Waals surface area contributed by atoms with Crippen molar-refractivity contribution in [2.45, 2.75) is 71.0 Å². The van der Waals surface area contributed by atoms with Crippen molar-refractivity contribution in [3.63, 3.8) is 0 Å². The fourth-order valence-electron chi connectivity index (χ4n) is 4.96. The number of rotatable bonds is 4. The molecule has 3 aromatic rings. The largest absolute Gasteiger partial charge is 0.458 e. The second-order valence-electron chi connectivity index (χ2n) is 11.0. The lowest BCUT2D eigenvalue weighted by Crippen LogP contribution is -2.44. The maximum Gasteiger partial charge on any atom is 0.343 e. The number of aryl methyl sites for hydroxylation is 1. The van der Waals surface area contributed by atoms with Crippen LogP contribution in [-0.2, 0) is 34.7 Å². The highest BCUT2D eigenvalue weighted by Crippen LogP contribution is 2.54. The summed E-state index contributed by atoms with van der Waals surface area (Å²) in [7, 11) is -1.36. The normalized spacial score (nSPS) is 19.5. The van der Waals surface area contributed by atoms with Crippen molar-refractivity contribution in [3.8, 4) is 17.1 Å². The molecule has 0 unspecified atom stereocenters. The number of aromatic nitrogens is 2. The molecule has 36 heavy (non-hydrogen) atoms. The molecule has 1 N–H and O–H groups in total. The molecule has 4 heterocycles. The van der Waals surface area contributed by atoms with E-state index in [0.717, 1.165) is 39.9 Å². The number of ether oxygens (including phenoxy) is 1. The van der Waals surface area contributed by atoms with Gasteiger partial charge in [0.25, 0.3) is 5.56 Å². The highest BCUT2D eigenvalue weighted by Gasteiger charge is 2.45. The van der Waals surface area contributed by atoms with Crippen molar-refractivity contribution in [2.24, 2.45) is 0 Å². The number of hydrogen-bond acceptors (Lipinski definition) is 6. The Hall–Kier alpha value is -2.84. The molecule has 0 bridgehead atoms. The van der Waals surface area contributed by atoms with Crippen molar-refractivity contribution >= 4 is 27.2 Å². The van der Waals surface area contributed by atoms with Crippen molar-refractivity contribution in [1.29, 1.82) is 0 Å². The predicted molar refractivity (Wildman–Crippen MR) is 144 cm³/mol.